The van der Waals surface area contributed by atoms with Crippen LogP contribution >= 0.6 is 0 Å². The highest BCUT2D eigenvalue weighted by molar-refractivity contribution is 4.55. The van der Waals surface area contributed by atoms with Crippen LogP contribution in [0.1, 0.15) is 47.0 Å². The second-order valence-electron chi connectivity index (χ2n) is 2.16. The van der Waals surface area contributed by atoms with Gasteiger partial charge in [-0.15, -0.1) is 0 Å². The molecule has 0 aliphatic carbocycles. The minimum atomic E-state index is 1.25. The number of rotatable bonds is 0. The van der Waals surface area contributed by atoms with E-state index in [-0.39, 0.29) is 0 Å². The molecule has 64 valence electrons. The highest BCUT2D eigenvalue weighted by atomic mass is 14.9. The molecule has 0 aromatic rings. The molecule has 1 heterocycles. The van der Waals surface area contributed by atoms with Gasteiger partial charge in [-0.3, -0.25) is 0 Å². The van der Waals surface area contributed by atoms with E-state index in [0.29, 0.717) is 0 Å². The van der Waals surface area contributed by atoms with Crippen LogP contribution in [0.4, 0.5) is 0 Å². The maximum atomic E-state index is 3.22. The van der Waals surface area contributed by atoms with Crippen molar-refractivity contribution in [1.29, 1.82) is 0 Å². The summed E-state index contributed by atoms with van der Waals surface area (Å²) >= 11 is 0. The number of hydrogen-bond acceptors (Lipinski definition) is 1. The second-order valence-corrected chi connectivity index (χ2v) is 2.16. The van der Waals surface area contributed by atoms with Gasteiger partial charge in [0.05, 0.1) is 0 Å². The summed E-state index contributed by atoms with van der Waals surface area (Å²) in [5.74, 6) is 0. The van der Waals surface area contributed by atoms with Gasteiger partial charge in [-0.25, -0.2) is 0 Å². The van der Waals surface area contributed by atoms with Gasteiger partial charge < -0.3 is 5.32 Å². The Labute approximate surface area is 66.2 Å². The monoisotopic (exact) mass is 145 g/mol. The van der Waals surface area contributed by atoms with E-state index in [1.807, 2.05) is 13.8 Å². The van der Waals surface area contributed by atoms with Crippen molar-refractivity contribution in [2.24, 2.45) is 0 Å². The van der Waals surface area contributed by atoms with Gasteiger partial charge in [0.15, 0.2) is 0 Å². The van der Waals surface area contributed by atoms with Crippen molar-refractivity contribution in [3.05, 3.63) is 0 Å². The summed E-state index contributed by atoms with van der Waals surface area (Å²) in [6, 6.07) is 0. The van der Waals surface area contributed by atoms with Crippen LogP contribution in [0.5, 0.6) is 0 Å². The van der Waals surface area contributed by atoms with Crippen molar-refractivity contribution in [3.8, 4) is 0 Å². The molecule has 0 unspecified atom stereocenters. The fourth-order valence-electron chi connectivity index (χ4n) is 0.625. The average molecular weight is 145 g/mol. The van der Waals surface area contributed by atoms with Crippen LogP contribution in [-0.4, -0.2) is 13.1 Å². The summed E-state index contributed by atoms with van der Waals surface area (Å²) in [7, 11) is 0. The third-order valence-corrected chi connectivity index (χ3v) is 0.957. The third-order valence-electron chi connectivity index (χ3n) is 0.957. The summed E-state index contributed by atoms with van der Waals surface area (Å²) in [5.41, 5.74) is 0. The smallest absolute Gasteiger partial charge is 0.00484 e. The van der Waals surface area contributed by atoms with Gasteiger partial charge in [0, 0.05) is 0 Å². The molecule has 1 fully saturated rings. The molecule has 1 rings (SSSR count). The average Bonchev–Trinajstić information content (AvgIpc) is 2.48. The van der Waals surface area contributed by atoms with Gasteiger partial charge in [0.25, 0.3) is 0 Å². The maximum absolute atomic E-state index is 3.22. The van der Waals surface area contributed by atoms with E-state index in [1.165, 1.54) is 32.4 Å². The molecule has 0 bridgehead atoms. The molecular formula is C9H23N. The molecule has 1 N–H and O–H groups in total. The predicted molar refractivity (Wildman–Crippen MR) is 49.4 cm³/mol. The molecule has 0 atom stereocenters. The van der Waals surface area contributed by atoms with E-state index in [0.717, 1.165) is 0 Å². The van der Waals surface area contributed by atoms with Crippen LogP contribution in [0.15, 0.2) is 0 Å². The summed E-state index contributed by atoms with van der Waals surface area (Å²) < 4.78 is 0. The fraction of sp³-hybridized carbons (Fsp3) is 1.00. The molecule has 0 amide bonds. The summed E-state index contributed by atoms with van der Waals surface area (Å²) in [6.07, 6.45) is 4.03. The second kappa shape index (κ2) is 16.0. The van der Waals surface area contributed by atoms with Crippen LogP contribution in [-0.2, 0) is 0 Å². The lowest BCUT2D eigenvalue weighted by molar-refractivity contribution is 0.857. The lowest BCUT2D eigenvalue weighted by Crippen LogP contribution is -2.03. The van der Waals surface area contributed by atoms with E-state index < -0.39 is 0 Å². The largest absolute Gasteiger partial charge is 0.317 e. The topological polar surface area (TPSA) is 12.0 Å². The van der Waals surface area contributed by atoms with Crippen LogP contribution in [0.3, 0.4) is 0 Å². The Morgan fingerprint density at radius 3 is 1.40 bits per heavy atom. The van der Waals surface area contributed by atoms with Gasteiger partial charge in [-0.05, 0) is 25.9 Å². The first-order valence-corrected chi connectivity index (χ1v) is 4.62. The number of nitrogens with one attached hydrogen (secondary N) is 1. The zero-order valence-electron chi connectivity index (χ0n) is 8.04. The quantitative estimate of drug-likeness (QED) is 0.552. The van der Waals surface area contributed by atoms with E-state index >= 15 is 0 Å². The van der Waals surface area contributed by atoms with Gasteiger partial charge in [0.2, 0.25) is 0 Å². The normalized spacial score (nSPS) is 14.4. The summed E-state index contributed by atoms with van der Waals surface area (Å²) in [5, 5.41) is 3.22. The molecule has 1 saturated heterocycles. The van der Waals surface area contributed by atoms with Crippen molar-refractivity contribution < 1.29 is 0 Å². The fourth-order valence-corrected chi connectivity index (χ4v) is 0.625. The van der Waals surface area contributed by atoms with Crippen molar-refractivity contribution >= 4 is 0 Å². The molecule has 1 aliphatic rings. The van der Waals surface area contributed by atoms with Gasteiger partial charge in [-0.2, -0.15) is 0 Å². The Morgan fingerprint density at radius 2 is 1.30 bits per heavy atom. The van der Waals surface area contributed by atoms with Crippen molar-refractivity contribution in [2.75, 3.05) is 13.1 Å². The molecular weight excluding hydrogens is 122 g/mol. The Balaban J connectivity index is 0. The SMILES string of the molecule is C1CCNC1.CC.CCC. The zero-order valence-corrected chi connectivity index (χ0v) is 8.04. The first-order chi connectivity index (χ1) is 4.91. The molecule has 0 aromatic carbocycles. The van der Waals surface area contributed by atoms with Crippen molar-refractivity contribution in [3.63, 3.8) is 0 Å². The van der Waals surface area contributed by atoms with Gasteiger partial charge in [0.1, 0.15) is 0 Å². The molecule has 0 saturated carbocycles. The lowest BCUT2D eigenvalue weighted by atomic mass is 10.4. The van der Waals surface area contributed by atoms with Crippen LogP contribution in [0, 0.1) is 0 Å². The Kier molecular flexibility index (Phi) is 20.2. The third kappa shape index (κ3) is 15.7. The molecule has 10 heavy (non-hydrogen) atoms. The molecule has 0 aromatic heterocycles. The first kappa shape index (κ1) is 12.6. The van der Waals surface area contributed by atoms with Crippen LogP contribution in [0.2, 0.25) is 0 Å². The standard InChI is InChI=1S/C4H9N.C3H8.C2H6/c1-2-4-5-3-1;1-3-2;1-2/h5H,1-4H2;3H2,1-2H3;1-2H3. The molecule has 1 nitrogen and oxygen atoms in total. The highest BCUT2D eigenvalue weighted by Gasteiger charge is 1.93. The highest BCUT2D eigenvalue weighted by Crippen LogP contribution is 1.90. The minimum absolute atomic E-state index is 1.25. The van der Waals surface area contributed by atoms with Crippen LogP contribution in [0.25, 0.3) is 0 Å². The zero-order chi connectivity index (χ0) is 8.24. The summed E-state index contributed by atoms with van der Waals surface area (Å²) in [4.78, 5) is 0. The minimum Gasteiger partial charge on any atom is -0.317 e. The van der Waals surface area contributed by atoms with Crippen molar-refractivity contribution in [1.82, 2.24) is 5.32 Å². The predicted octanol–water partition coefficient (Wildman–Crippen LogP) is 2.81. The van der Waals surface area contributed by atoms with Crippen molar-refractivity contribution in [2.45, 2.75) is 47.0 Å². The Bertz CT molecular complexity index is 24.1. The Hall–Kier alpha value is -0.0400. The van der Waals surface area contributed by atoms with E-state index in [9.17, 15) is 0 Å². The van der Waals surface area contributed by atoms with E-state index in [2.05, 4.69) is 19.2 Å². The first-order valence-electron chi connectivity index (χ1n) is 4.62. The maximum Gasteiger partial charge on any atom is -0.00484 e. The molecule has 0 spiro atoms. The summed E-state index contributed by atoms with van der Waals surface area (Å²) in [6.45, 7) is 10.8. The number of hydrogen-bond donors (Lipinski definition) is 1. The lowest BCUT2D eigenvalue weighted by Gasteiger charge is -1.76. The Morgan fingerprint density at radius 1 is 1.00 bits per heavy atom. The van der Waals surface area contributed by atoms with Crippen LogP contribution < -0.4 is 5.32 Å². The van der Waals surface area contributed by atoms with Gasteiger partial charge >= 0.3 is 0 Å². The van der Waals surface area contributed by atoms with E-state index in [4.69, 9.17) is 0 Å². The van der Waals surface area contributed by atoms with E-state index in [1.54, 1.807) is 0 Å². The molecule has 1 heteroatoms. The molecule has 0 radical (unpaired) electrons. The molecule has 1 aliphatic heterocycles. The van der Waals surface area contributed by atoms with Gasteiger partial charge in [-0.1, -0.05) is 34.1 Å².